The first-order valence-electron chi connectivity index (χ1n) is 10.0. The van der Waals surface area contributed by atoms with Crippen molar-refractivity contribution in [3.05, 3.63) is 71.8 Å². The zero-order valence-corrected chi connectivity index (χ0v) is 18.4. The van der Waals surface area contributed by atoms with Gasteiger partial charge < -0.3 is 23.5 Å². The molecule has 0 unspecified atom stereocenters. The molecule has 0 atom stereocenters. The molecular weight excluding hydrogens is 408 g/mol. The number of methoxy groups -OCH3 is 3. The summed E-state index contributed by atoms with van der Waals surface area (Å²) in [7, 11) is 4.67. The summed E-state index contributed by atoms with van der Waals surface area (Å²) >= 11 is 0. The molecule has 0 spiro atoms. The standard InChI is InChI=1S/C25H24N2O5/c1-16-8-5-6-9-18(16)15-31-20-11-7-10-17(12-20)24-26-25(32-27-24)19-13-21(28-2)23(30-4)22(14-19)29-3/h5-14H,15H2,1-4H3. The molecule has 32 heavy (non-hydrogen) atoms. The van der Waals surface area contributed by atoms with Crippen molar-refractivity contribution in [2.45, 2.75) is 13.5 Å². The highest BCUT2D eigenvalue weighted by molar-refractivity contribution is 5.67. The second kappa shape index (κ2) is 9.43. The lowest BCUT2D eigenvalue weighted by Crippen LogP contribution is -1.97. The summed E-state index contributed by atoms with van der Waals surface area (Å²) < 4.78 is 27.7. The van der Waals surface area contributed by atoms with E-state index < -0.39 is 0 Å². The zero-order chi connectivity index (χ0) is 22.5. The lowest BCUT2D eigenvalue weighted by Gasteiger charge is -2.12. The van der Waals surface area contributed by atoms with Crippen LogP contribution >= 0.6 is 0 Å². The van der Waals surface area contributed by atoms with Crippen LogP contribution in [0.1, 0.15) is 11.1 Å². The summed E-state index contributed by atoms with van der Waals surface area (Å²) in [5, 5.41) is 4.14. The lowest BCUT2D eigenvalue weighted by atomic mass is 10.1. The molecule has 0 amide bonds. The fourth-order valence-corrected chi connectivity index (χ4v) is 3.32. The molecule has 7 nitrogen and oxygen atoms in total. The number of ether oxygens (including phenoxy) is 4. The number of hydrogen-bond acceptors (Lipinski definition) is 7. The van der Waals surface area contributed by atoms with Crippen molar-refractivity contribution in [1.82, 2.24) is 10.1 Å². The van der Waals surface area contributed by atoms with E-state index in [1.807, 2.05) is 36.4 Å². The van der Waals surface area contributed by atoms with Crippen molar-refractivity contribution in [3.63, 3.8) is 0 Å². The van der Waals surface area contributed by atoms with Crippen LogP contribution in [0.25, 0.3) is 22.8 Å². The minimum absolute atomic E-state index is 0.338. The first kappa shape index (κ1) is 21.2. The maximum Gasteiger partial charge on any atom is 0.258 e. The van der Waals surface area contributed by atoms with E-state index >= 15 is 0 Å². The molecule has 0 aliphatic rings. The molecule has 0 saturated carbocycles. The Morgan fingerprint density at radius 1 is 0.812 bits per heavy atom. The van der Waals surface area contributed by atoms with E-state index in [4.69, 9.17) is 23.5 Å². The summed E-state index contributed by atoms with van der Waals surface area (Å²) in [6.07, 6.45) is 0. The fourth-order valence-electron chi connectivity index (χ4n) is 3.32. The van der Waals surface area contributed by atoms with E-state index in [9.17, 15) is 0 Å². The number of hydrogen-bond donors (Lipinski definition) is 0. The Morgan fingerprint density at radius 3 is 2.25 bits per heavy atom. The van der Waals surface area contributed by atoms with Gasteiger partial charge in [0.2, 0.25) is 11.6 Å². The molecule has 0 bridgehead atoms. The van der Waals surface area contributed by atoms with Crippen molar-refractivity contribution in [2.75, 3.05) is 21.3 Å². The van der Waals surface area contributed by atoms with Gasteiger partial charge in [-0.3, -0.25) is 0 Å². The predicted molar refractivity (Wildman–Crippen MR) is 120 cm³/mol. The number of nitrogens with zero attached hydrogens (tertiary/aromatic N) is 2. The van der Waals surface area contributed by atoms with Crippen LogP contribution < -0.4 is 18.9 Å². The maximum absolute atomic E-state index is 5.98. The molecule has 0 N–H and O–H groups in total. The molecule has 0 saturated heterocycles. The molecule has 0 aliphatic carbocycles. The first-order chi connectivity index (χ1) is 15.6. The van der Waals surface area contributed by atoms with Crippen LogP contribution in [0.15, 0.2) is 65.2 Å². The van der Waals surface area contributed by atoms with Gasteiger partial charge in [-0.15, -0.1) is 0 Å². The van der Waals surface area contributed by atoms with E-state index in [2.05, 4.69) is 29.2 Å². The lowest BCUT2D eigenvalue weighted by molar-refractivity contribution is 0.305. The van der Waals surface area contributed by atoms with E-state index in [0.29, 0.717) is 41.1 Å². The van der Waals surface area contributed by atoms with Crippen LogP contribution in [0.3, 0.4) is 0 Å². The van der Waals surface area contributed by atoms with Gasteiger partial charge in [-0.2, -0.15) is 4.98 Å². The van der Waals surface area contributed by atoms with Gasteiger partial charge in [0.1, 0.15) is 12.4 Å². The predicted octanol–water partition coefficient (Wildman–Crippen LogP) is 5.32. The third-order valence-corrected chi connectivity index (χ3v) is 5.09. The molecule has 4 aromatic rings. The van der Waals surface area contributed by atoms with Crippen LogP contribution in [0.5, 0.6) is 23.0 Å². The molecule has 0 radical (unpaired) electrons. The second-order valence-corrected chi connectivity index (χ2v) is 7.08. The number of rotatable bonds is 8. The van der Waals surface area contributed by atoms with Gasteiger partial charge in [0.25, 0.3) is 5.89 Å². The van der Waals surface area contributed by atoms with Gasteiger partial charge in [0.15, 0.2) is 11.5 Å². The van der Waals surface area contributed by atoms with Crippen molar-refractivity contribution >= 4 is 0 Å². The molecule has 0 aliphatic heterocycles. The largest absolute Gasteiger partial charge is 0.493 e. The van der Waals surface area contributed by atoms with Gasteiger partial charge in [-0.05, 0) is 42.3 Å². The Bertz CT molecular complexity index is 1190. The molecular formula is C25H24N2O5. The summed E-state index contributed by atoms with van der Waals surface area (Å²) in [6.45, 7) is 2.55. The van der Waals surface area contributed by atoms with Crippen molar-refractivity contribution in [3.8, 4) is 45.8 Å². The van der Waals surface area contributed by atoms with Gasteiger partial charge >= 0.3 is 0 Å². The third-order valence-electron chi connectivity index (χ3n) is 5.09. The summed E-state index contributed by atoms with van der Waals surface area (Å²) in [6, 6.07) is 19.3. The highest BCUT2D eigenvalue weighted by Crippen LogP contribution is 2.41. The Morgan fingerprint density at radius 2 is 1.56 bits per heavy atom. The highest BCUT2D eigenvalue weighted by atomic mass is 16.5. The van der Waals surface area contributed by atoms with E-state index in [1.165, 1.54) is 5.56 Å². The summed E-state index contributed by atoms with van der Waals surface area (Å²) in [5.74, 6) is 3.03. The van der Waals surface area contributed by atoms with E-state index in [-0.39, 0.29) is 0 Å². The summed E-state index contributed by atoms with van der Waals surface area (Å²) in [4.78, 5) is 4.55. The number of benzene rings is 3. The number of aromatic nitrogens is 2. The van der Waals surface area contributed by atoms with Crippen molar-refractivity contribution in [1.29, 1.82) is 0 Å². The zero-order valence-electron chi connectivity index (χ0n) is 18.4. The first-order valence-corrected chi connectivity index (χ1v) is 10.0. The van der Waals surface area contributed by atoms with Crippen LogP contribution in [0.2, 0.25) is 0 Å². The SMILES string of the molecule is COc1cc(-c2nc(-c3cccc(OCc4ccccc4C)c3)no2)cc(OC)c1OC. The average Bonchev–Trinajstić information content (AvgIpc) is 3.33. The van der Waals surface area contributed by atoms with Gasteiger partial charge in [0, 0.05) is 11.1 Å². The highest BCUT2D eigenvalue weighted by Gasteiger charge is 2.18. The smallest absolute Gasteiger partial charge is 0.258 e. The Hall–Kier alpha value is -4.00. The van der Waals surface area contributed by atoms with E-state index in [0.717, 1.165) is 16.9 Å². The van der Waals surface area contributed by atoms with Crippen LogP contribution in [0.4, 0.5) is 0 Å². The normalized spacial score (nSPS) is 10.6. The second-order valence-electron chi connectivity index (χ2n) is 7.08. The van der Waals surface area contributed by atoms with Gasteiger partial charge in [0.05, 0.1) is 21.3 Å². The van der Waals surface area contributed by atoms with Crippen LogP contribution in [0, 0.1) is 6.92 Å². The van der Waals surface area contributed by atoms with Crippen LogP contribution in [-0.2, 0) is 6.61 Å². The molecule has 7 heteroatoms. The Labute approximate surface area is 186 Å². The van der Waals surface area contributed by atoms with Gasteiger partial charge in [-0.1, -0.05) is 41.6 Å². The van der Waals surface area contributed by atoms with Crippen molar-refractivity contribution < 1.29 is 23.5 Å². The Kier molecular flexibility index (Phi) is 6.26. The maximum atomic E-state index is 5.98. The molecule has 0 fully saturated rings. The monoisotopic (exact) mass is 432 g/mol. The Balaban J connectivity index is 1.58. The summed E-state index contributed by atoms with van der Waals surface area (Å²) in [5.41, 5.74) is 3.78. The van der Waals surface area contributed by atoms with Crippen molar-refractivity contribution in [2.24, 2.45) is 0 Å². The van der Waals surface area contributed by atoms with Crippen LogP contribution in [-0.4, -0.2) is 31.5 Å². The number of aryl methyl sites for hydroxylation is 1. The molecule has 1 aromatic heterocycles. The third kappa shape index (κ3) is 4.37. The fraction of sp³-hybridized carbons (Fsp3) is 0.200. The average molecular weight is 432 g/mol. The molecule has 4 rings (SSSR count). The molecule has 164 valence electrons. The minimum atomic E-state index is 0.338. The van der Waals surface area contributed by atoms with E-state index in [1.54, 1.807) is 33.5 Å². The van der Waals surface area contributed by atoms with Gasteiger partial charge in [-0.25, -0.2) is 0 Å². The topological polar surface area (TPSA) is 75.8 Å². The minimum Gasteiger partial charge on any atom is -0.493 e. The quantitative estimate of drug-likeness (QED) is 0.373. The molecule has 1 heterocycles. The molecule has 3 aromatic carbocycles.